The first-order valence-corrected chi connectivity index (χ1v) is 10.2. The number of fused-ring (bicyclic) bond motifs is 1. The fourth-order valence-electron chi connectivity index (χ4n) is 3.71. The van der Waals surface area contributed by atoms with Gasteiger partial charge in [0.15, 0.2) is 5.69 Å². The van der Waals surface area contributed by atoms with Crippen LogP contribution in [0.15, 0.2) is 53.6 Å². The van der Waals surface area contributed by atoms with E-state index in [-0.39, 0.29) is 5.91 Å². The summed E-state index contributed by atoms with van der Waals surface area (Å²) in [6, 6.07) is 9.25. The number of aryl methyl sites for hydroxylation is 2. The van der Waals surface area contributed by atoms with E-state index >= 15 is 0 Å². The van der Waals surface area contributed by atoms with Crippen LogP contribution in [-0.2, 0) is 12.8 Å². The van der Waals surface area contributed by atoms with Crippen LogP contribution in [0.3, 0.4) is 0 Å². The van der Waals surface area contributed by atoms with Crippen molar-refractivity contribution in [2.75, 3.05) is 10.6 Å². The molecular formula is C22H21N7O2. The third kappa shape index (κ3) is 3.89. The van der Waals surface area contributed by atoms with Crippen molar-refractivity contribution >= 4 is 23.1 Å². The first-order valence-electron chi connectivity index (χ1n) is 10.2. The van der Waals surface area contributed by atoms with Crippen LogP contribution in [0.25, 0.3) is 5.82 Å². The van der Waals surface area contributed by atoms with E-state index in [1.54, 1.807) is 6.20 Å². The highest BCUT2D eigenvalue weighted by molar-refractivity contribution is 6.04. The van der Waals surface area contributed by atoms with Gasteiger partial charge in [0, 0.05) is 41.8 Å². The van der Waals surface area contributed by atoms with Gasteiger partial charge in [-0.2, -0.15) is 0 Å². The van der Waals surface area contributed by atoms with Crippen LogP contribution < -0.4 is 10.6 Å². The summed E-state index contributed by atoms with van der Waals surface area (Å²) in [5.41, 5.74) is 2.85. The maximum atomic E-state index is 12.6. The monoisotopic (exact) mass is 415 g/mol. The molecular weight excluding hydrogens is 394 g/mol. The van der Waals surface area contributed by atoms with E-state index in [2.05, 4.69) is 30.7 Å². The normalized spacial score (nSPS) is 12.9. The Labute approximate surface area is 178 Å². The summed E-state index contributed by atoms with van der Waals surface area (Å²) in [4.78, 5) is 25.4. The highest BCUT2D eigenvalue weighted by atomic mass is 16.5. The molecule has 1 amide bonds. The fraction of sp³-hybridized carbons (Fsp3) is 0.227. The molecule has 1 aliphatic carbocycles. The largest absolute Gasteiger partial charge is 0.360 e. The van der Waals surface area contributed by atoms with Crippen molar-refractivity contribution in [2.24, 2.45) is 0 Å². The molecule has 0 bridgehead atoms. The van der Waals surface area contributed by atoms with E-state index < -0.39 is 0 Å². The van der Waals surface area contributed by atoms with Crippen molar-refractivity contribution in [3.8, 4) is 5.82 Å². The number of carbonyl (C=O) groups is 1. The number of hydrogen-bond donors (Lipinski definition) is 2. The zero-order chi connectivity index (χ0) is 21.2. The van der Waals surface area contributed by atoms with Gasteiger partial charge < -0.3 is 15.2 Å². The van der Waals surface area contributed by atoms with Gasteiger partial charge in [0.25, 0.3) is 5.91 Å². The number of benzene rings is 1. The molecule has 3 heterocycles. The number of imidazole rings is 1. The Morgan fingerprint density at radius 3 is 2.68 bits per heavy atom. The summed E-state index contributed by atoms with van der Waals surface area (Å²) < 4.78 is 7.22. The average Bonchev–Trinajstić information content (AvgIpc) is 3.41. The topological polar surface area (TPSA) is 111 Å². The summed E-state index contributed by atoms with van der Waals surface area (Å²) in [7, 11) is 0. The average molecular weight is 415 g/mol. The predicted molar refractivity (Wildman–Crippen MR) is 115 cm³/mol. The third-order valence-corrected chi connectivity index (χ3v) is 5.31. The summed E-state index contributed by atoms with van der Waals surface area (Å²) in [5.74, 6) is 2.82. The first-order chi connectivity index (χ1) is 15.2. The molecule has 5 rings (SSSR count). The van der Waals surface area contributed by atoms with E-state index in [1.165, 1.54) is 6.33 Å². The van der Waals surface area contributed by atoms with E-state index in [0.29, 0.717) is 17.2 Å². The maximum Gasteiger partial charge on any atom is 0.278 e. The minimum atomic E-state index is -0.247. The van der Waals surface area contributed by atoms with Gasteiger partial charge in [-0.25, -0.2) is 15.0 Å². The zero-order valence-electron chi connectivity index (χ0n) is 17.0. The molecule has 3 aromatic heterocycles. The Kier molecular flexibility index (Phi) is 4.91. The number of nitrogens with zero attached hydrogens (tertiary/aromatic N) is 5. The summed E-state index contributed by atoms with van der Waals surface area (Å²) in [6.07, 6.45) is 8.90. The van der Waals surface area contributed by atoms with Crippen LogP contribution >= 0.6 is 0 Å². The Bertz CT molecular complexity index is 1230. The highest BCUT2D eigenvalue weighted by Gasteiger charge is 2.24. The second kappa shape index (κ2) is 8.02. The van der Waals surface area contributed by atoms with E-state index in [0.717, 1.165) is 54.3 Å². The lowest BCUT2D eigenvalue weighted by Gasteiger charge is -2.10. The molecule has 2 N–H and O–H groups in total. The van der Waals surface area contributed by atoms with Gasteiger partial charge in [-0.05, 0) is 50.5 Å². The number of aromatic nitrogens is 5. The van der Waals surface area contributed by atoms with Crippen molar-refractivity contribution in [3.63, 3.8) is 0 Å². The van der Waals surface area contributed by atoms with Crippen LogP contribution in [0.5, 0.6) is 0 Å². The minimum absolute atomic E-state index is 0.247. The van der Waals surface area contributed by atoms with Gasteiger partial charge in [-0.15, -0.1) is 0 Å². The summed E-state index contributed by atoms with van der Waals surface area (Å²) in [5, 5.41) is 10.1. The number of nitrogens with one attached hydrogen (secondary N) is 2. The molecule has 0 atom stereocenters. The van der Waals surface area contributed by atoms with Gasteiger partial charge in [0.05, 0.1) is 0 Å². The predicted octanol–water partition coefficient (Wildman–Crippen LogP) is 3.83. The zero-order valence-corrected chi connectivity index (χ0v) is 17.0. The van der Waals surface area contributed by atoms with E-state index in [9.17, 15) is 4.79 Å². The Morgan fingerprint density at radius 1 is 1.06 bits per heavy atom. The van der Waals surface area contributed by atoms with Crippen LogP contribution in [-0.4, -0.2) is 30.6 Å². The van der Waals surface area contributed by atoms with Crippen molar-refractivity contribution in [3.05, 3.63) is 71.9 Å². The Morgan fingerprint density at radius 2 is 1.87 bits per heavy atom. The third-order valence-electron chi connectivity index (χ3n) is 5.31. The first kappa shape index (κ1) is 19.0. The van der Waals surface area contributed by atoms with Gasteiger partial charge >= 0.3 is 0 Å². The highest BCUT2D eigenvalue weighted by Crippen LogP contribution is 2.25. The molecule has 0 radical (unpaired) electrons. The molecule has 1 aromatic carbocycles. The van der Waals surface area contributed by atoms with Crippen molar-refractivity contribution < 1.29 is 9.32 Å². The standard InChI is InChI=1S/C22H21N7O2/c1-14-23-10-11-29(14)20-12-19(24-13-25-20)26-15-6-8-16(9-7-15)27-22(30)21-17-4-2-3-5-18(17)31-28-21/h6-13H,2-5H2,1H3,(H,27,30)(H,24,25,26). The van der Waals surface area contributed by atoms with E-state index in [1.807, 2.05) is 48.0 Å². The molecule has 4 aromatic rings. The van der Waals surface area contributed by atoms with Crippen molar-refractivity contribution in [2.45, 2.75) is 32.6 Å². The van der Waals surface area contributed by atoms with Crippen LogP contribution in [0.4, 0.5) is 17.2 Å². The second-order valence-electron chi connectivity index (χ2n) is 7.40. The van der Waals surface area contributed by atoms with Gasteiger partial charge in [-0.3, -0.25) is 9.36 Å². The molecule has 0 unspecified atom stereocenters. The lowest BCUT2D eigenvalue weighted by molar-refractivity contribution is 0.101. The second-order valence-corrected chi connectivity index (χ2v) is 7.40. The summed E-state index contributed by atoms with van der Waals surface area (Å²) in [6.45, 7) is 1.91. The lowest BCUT2D eigenvalue weighted by atomic mass is 9.96. The Hall–Kier alpha value is -4.01. The molecule has 1 aliphatic rings. The summed E-state index contributed by atoms with van der Waals surface area (Å²) >= 11 is 0. The molecule has 9 heteroatoms. The van der Waals surface area contributed by atoms with Gasteiger partial charge in [0.2, 0.25) is 0 Å². The number of anilines is 3. The van der Waals surface area contributed by atoms with Crippen LogP contribution in [0, 0.1) is 6.92 Å². The van der Waals surface area contributed by atoms with Crippen molar-refractivity contribution in [1.82, 2.24) is 24.7 Å². The fourth-order valence-corrected chi connectivity index (χ4v) is 3.71. The molecule has 0 saturated carbocycles. The quantitative estimate of drug-likeness (QED) is 0.509. The van der Waals surface area contributed by atoms with E-state index in [4.69, 9.17) is 4.52 Å². The number of amides is 1. The van der Waals surface area contributed by atoms with Crippen LogP contribution in [0.1, 0.15) is 40.5 Å². The van der Waals surface area contributed by atoms with Gasteiger partial charge in [0.1, 0.15) is 29.5 Å². The lowest BCUT2D eigenvalue weighted by Crippen LogP contribution is -2.15. The van der Waals surface area contributed by atoms with Crippen molar-refractivity contribution in [1.29, 1.82) is 0 Å². The molecule has 0 saturated heterocycles. The number of hydrogen-bond acceptors (Lipinski definition) is 7. The Balaban J connectivity index is 1.27. The maximum absolute atomic E-state index is 12.6. The molecule has 31 heavy (non-hydrogen) atoms. The SMILES string of the molecule is Cc1nccn1-c1cc(Nc2ccc(NC(=O)c3noc4c3CCCC4)cc2)ncn1. The smallest absolute Gasteiger partial charge is 0.278 e. The minimum Gasteiger partial charge on any atom is -0.360 e. The molecule has 0 aliphatic heterocycles. The number of rotatable bonds is 5. The van der Waals surface area contributed by atoms with Gasteiger partial charge in [-0.1, -0.05) is 5.16 Å². The number of carbonyl (C=O) groups excluding carboxylic acids is 1. The molecule has 156 valence electrons. The molecule has 9 nitrogen and oxygen atoms in total. The molecule has 0 fully saturated rings. The molecule has 0 spiro atoms. The van der Waals surface area contributed by atoms with Crippen LogP contribution in [0.2, 0.25) is 0 Å².